The molecule has 0 atom stereocenters. The summed E-state index contributed by atoms with van der Waals surface area (Å²) >= 11 is 1.55. The number of rotatable bonds is 4. The number of nitrogens with zero attached hydrogens (tertiary/aromatic N) is 1. The van der Waals surface area contributed by atoms with Crippen LogP contribution in [0.4, 0.5) is 0 Å². The molecule has 0 aliphatic carbocycles. The molecule has 0 saturated heterocycles. The fraction of sp³-hybridized carbons (Fsp3) is 0.250. The number of ether oxygens (including phenoxy) is 1. The van der Waals surface area contributed by atoms with E-state index in [-0.39, 0.29) is 5.56 Å². The Morgan fingerprint density at radius 2 is 2.05 bits per heavy atom. The van der Waals surface area contributed by atoms with Crippen LogP contribution in [-0.4, -0.2) is 16.6 Å². The van der Waals surface area contributed by atoms with Crippen LogP contribution in [0.2, 0.25) is 0 Å². The molecule has 4 nitrogen and oxygen atoms in total. The maximum absolute atomic E-state index is 12.4. The largest absolute Gasteiger partial charge is 0.374 e. The molecule has 21 heavy (non-hydrogen) atoms. The van der Waals surface area contributed by atoms with Crippen molar-refractivity contribution in [3.63, 3.8) is 0 Å². The Morgan fingerprint density at radius 3 is 2.76 bits per heavy atom. The lowest BCUT2D eigenvalue weighted by atomic mass is 10.0. The van der Waals surface area contributed by atoms with Gasteiger partial charge in [0.05, 0.1) is 5.39 Å². The van der Waals surface area contributed by atoms with E-state index in [4.69, 9.17) is 4.74 Å². The van der Waals surface area contributed by atoms with E-state index in [1.54, 1.807) is 11.3 Å². The summed E-state index contributed by atoms with van der Waals surface area (Å²) in [6, 6.07) is 9.95. The summed E-state index contributed by atoms with van der Waals surface area (Å²) in [7, 11) is 0. The lowest BCUT2D eigenvalue weighted by molar-refractivity contribution is 0.128. The first-order chi connectivity index (χ1) is 10.2. The smallest absolute Gasteiger partial charge is 0.260 e. The highest BCUT2D eigenvalue weighted by Gasteiger charge is 2.16. The average molecular weight is 300 g/mol. The van der Waals surface area contributed by atoms with E-state index < -0.39 is 0 Å². The molecule has 0 radical (unpaired) electrons. The lowest BCUT2D eigenvalue weighted by Gasteiger charge is -2.03. The van der Waals surface area contributed by atoms with Crippen LogP contribution in [0.15, 0.2) is 35.1 Å². The number of H-pyrrole nitrogens is 1. The van der Waals surface area contributed by atoms with Crippen LogP contribution in [0, 0.1) is 6.92 Å². The molecule has 5 heteroatoms. The van der Waals surface area contributed by atoms with Gasteiger partial charge in [-0.2, -0.15) is 0 Å². The van der Waals surface area contributed by atoms with E-state index in [1.807, 2.05) is 44.2 Å². The highest BCUT2D eigenvalue weighted by atomic mass is 32.1. The Hall–Kier alpha value is -1.98. The number of hydrogen-bond acceptors (Lipinski definition) is 4. The Kier molecular flexibility index (Phi) is 3.86. The molecule has 0 spiro atoms. The van der Waals surface area contributed by atoms with Crippen LogP contribution in [-0.2, 0) is 11.3 Å². The van der Waals surface area contributed by atoms with Crippen LogP contribution >= 0.6 is 11.3 Å². The van der Waals surface area contributed by atoms with Crippen molar-refractivity contribution in [2.45, 2.75) is 20.5 Å². The van der Waals surface area contributed by atoms with Crippen LogP contribution < -0.4 is 5.56 Å². The van der Waals surface area contributed by atoms with Gasteiger partial charge in [-0.05, 0) is 19.4 Å². The van der Waals surface area contributed by atoms with Gasteiger partial charge in [0.2, 0.25) is 0 Å². The fourth-order valence-corrected chi connectivity index (χ4v) is 3.45. The summed E-state index contributed by atoms with van der Waals surface area (Å²) in [5, 5.41) is 0.670. The van der Waals surface area contributed by atoms with E-state index in [2.05, 4.69) is 9.97 Å². The molecule has 2 heterocycles. The average Bonchev–Trinajstić information content (AvgIpc) is 2.82. The number of fused-ring (bicyclic) bond motifs is 1. The second kappa shape index (κ2) is 5.79. The topological polar surface area (TPSA) is 55.0 Å². The van der Waals surface area contributed by atoms with Crippen LogP contribution in [0.3, 0.4) is 0 Å². The third-order valence-electron chi connectivity index (χ3n) is 3.29. The standard InChI is InChI=1S/C16H16N2O2S/c1-3-20-9-12-17-15(19)14-13(10(2)21-16(14)18-12)11-7-5-4-6-8-11/h4-8H,3,9H2,1-2H3,(H,17,18,19). The third kappa shape index (κ3) is 2.62. The lowest BCUT2D eigenvalue weighted by Crippen LogP contribution is -2.12. The number of aromatic amines is 1. The van der Waals surface area contributed by atoms with Crippen molar-refractivity contribution in [1.29, 1.82) is 0 Å². The molecule has 0 aliphatic rings. The fourth-order valence-electron chi connectivity index (χ4n) is 2.38. The van der Waals surface area contributed by atoms with E-state index >= 15 is 0 Å². The highest BCUT2D eigenvalue weighted by molar-refractivity contribution is 7.19. The zero-order valence-corrected chi connectivity index (χ0v) is 12.8. The Morgan fingerprint density at radius 1 is 1.29 bits per heavy atom. The van der Waals surface area contributed by atoms with Crippen LogP contribution in [0.5, 0.6) is 0 Å². The van der Waals surface area contributed by atoms with Crippen LogP contribution in [0.1, 0.15) is 17.6 Å². The van der Waals surface area contributed by atoms with Gasteiger partial charge in [-0.25, -0.2) is 4.98 Å². The summed E-state index contributed by atoms with van der Waals surface area (Å²) < 4.78 is 5.32. The van der Waals surface area contributed by atoms with Gasteiger partial charge in [0, 0.05) is 17.0 Å². The van der Waals surface area contributed by atoms with Crippen molar-refractivity contribution in [2.75, 3.05) is 6.61 Å². The van der Waals surface area contributed by atoms with Crippen LogP contribution in [0.25, 0.3) is 21.3 Å². The van der Waals surface area contributed by atoms with Crippen molar-refractivity contribution in [1.82, 2.24) is 9.97 Å². The first-order valence-corrected chi connectivity index (χ1v) is 7.67. The summed E-state index contributed by atoms with van der Waals surface area (Å²) in [4.78, 5) is 21.6. The Bertz CT molecular complexity index is 821. The first-order valence-electron chi connectivity index (χ1n) is 6.86. The monoisotopic (exact) mass is 300 g/mol. The van der Waals surface area contributed by atoms with Gasteiger partial charge in [0.25, 0.3) is 5.56 Å². The maximum atomic E-state index is 12.4. The molecule has 3 rings (SSSR count). The number of hydrogen-bond donors (Lipinski definition) is 1. The molecular weight excluding hydrogens is 284 g/mol. The maximum Gasteiger partial charge on any atom is 0.260 e. The minimum Gasteiger partial charge on any atom is -0.374 e. The molecule has 1 aromatic carbocycles. The minimum atomic E-state index is -0.0992. The molecule has 0 unspecified atom stereocenters. The number of aromatic nitrogens is 2. The van der Waals surface area contributed by atoms with Crippen molar-refractivity contribution >= 4 is 21.6 Å². The Balaban J connectivity index is 2.19. The van der Waals surface area contributed by atoms with Gasteiger partial charge in [0.1, 0.15) is 17.3 Å². The van der Waals surface area contributed by atoms with Crippen molar-refractivity contribution in [3.8, 4) is 11.1 Å². The summed E-state index contributed by atoms with van der Waals surface area (Å²) in [6.45, 7) is 4.87. The zero-order valence-electron chi connectivity index (χ0n) is 12.0. The second-order valence-corrected chi connectivity index (χ2v) is 5.93. The van der Waals surface area contributed by atoms with E-state index in [0.29, 0.717) is 24.4 Å². The number of thiophene rings is 1. The van der Waals surface area contributed by atoms with Crippen molar-refractivity contribution in [3.05, 3.63) is 51.4 Å². The number of nitrogens with one attached hydrogen (secondary N) is 1. The molecule has 0 bridgehead atoms. The highest BCUT2D eigenvalue weighted by Crippen LogP contribution is 2.35. The SMILES string of the molecule is CCOCc1nc2sc(C)c(-c3ccccc3)c2c(=O)[nH]1. The predicted molar refractivity (Wildman–Crippen MR) is 85.7 cm³/mol. The quantitative estimate of drug-likeness (QED) is 0.802. The summed E-state index contributed by atoms with van der Waals surface area (Å²) in [6.07, 6.45) is 0. The minimum absolute atomic E-state index is 0.0992. The van der Waals surface area contributed by atoms with Gasteiger partial charge in [-0.1, -0.05) is 30.3 Å². The molecule has 3 aromatic rings. The second-order valence-electron chi connectivity index (χ2n) is 4.73. The van der Waals surface area contributed by atoms with Gasteiger partial charge in [0.15, 0.2) is 0 Å². The van der Waals surface area contributed by atoms with Gasteiger partial charge >= 0.3 is 0 Å². The third-order valence-corrected chi connectivity index (χ3v) is 4.29. The molecule has 0 aliphatic heterocycles. The molecule has 0 fully saturated rings. The van der Waals surface area contributed by atoms with Gasteiger partial charge < -0.3 is 9.72 Å². The normalized spacial score (nSPS) is 11.1. The van der Waals surface area contributed by atoms with Crippen molar-refractivity contribution in [2.24, 2.45) is 0 Å². The van der Waals surface area contributed by atoms with E-state index in [1.165, 1.54) is 0 Å². The predicted octanol–water partition coefficient (Wildman–Crippen LogP) is 3.50. The summed E-state index contributed by atoms with van der Waals surface area (Å²) in [5.74, 6) is 0.579. The molecule has 0 amide bonds. The molecule has 1 N–H and O–H groups in total. The number of aryl methyl sites for hydroxylation is 1. The van der Waals surface area contributed by atoms with Gasteiger partial charge in [-0.3, -0.25) is 4.79 Å². The molecular formula is C16H16N2O2S. The molecule has 108 valence electrons. The summed E-state index contributed by atoms with van der Waals surface area (Å²) in [5.41, 5.74) is 1.93. The molecule has 2 aromatic heterocycles. The van der Waals surface area contributed by atoms with Crippen molar-refractivity contribution < 1.29 is 4.74 Å². The van der Waals surface area contributed by atoms with Gasteiger partial charge in [-0.15, -0.1) is 11.3 Å². The Labute approximate surface area is 126 Å². The van der Waals surface area contributed by atoms with E-state index in [0.717, 1.165) is 20.8 Å². The first kappa shape index (κ1) is 14.0. The number of benzene rings is 1. The zero-order chi connectivity index (χ0) is 14.8. The molecule has 0 saturated carbocycles. The van der Waals surface area contributed by atoms with E-state index in [9.17, 15) is 4.79 Å².